The van der Waals surface area contributed by atoms with Crippen LogP contribution in [0, 0.1) is 19.8 Å². The second-order valence-electron chi connectivity index (χ2n) is 7.57. The van der Waals surface area contributed by atoms with E-state index in [1.807, 2.05) is 25.1 Å². The van der Waals surface area contributed by atoms with Gasteiger partial charge < -0.3 is 9.67 Å². The molecule has 6 nitrogen and oxygen atoms in total. The van der Waals surface area contributed by atoms with Crippen LogP contribution in [0.4, 0.5) is 5.69 Å². The van der Waals surface area contributed by atoms with Gasteiger partial charge in [0.1, 0.15) is 0 Å². The van der Waals surface area contributed by atoms with Gasteiger partial charge in [-0.15, -0.1) is 0 Å². The quantitative estimate of drug-likeness (QED) is 0.690. The van der Waals surface area contributed by atoms with Crippen LogP contribution >= 0.6 is 0 Å². The molecule has 0 saturated heterocycles. The number of amides is 1. The van der Waals surface area contributed by atoms with Crippen molar-refractivity contribution in [3.8, 4) is 5.69 Å². The van der Waals surface area contributed by atoms with E-state index in [1.54, 1.807) is 12.1 Å². The molecule has 0 saturated carbocycles. The van der Waals surface area contributed by atoms with Gasteiger partial charge in [0.05, 0.1) is 17.2 Å². The fraction of sp³-hybridized carbons (Fsp3) is 0.208. The van der Waals surface area contributed by atoms with Crippen LogP contribution < -0.4 is 5.01 Å². The van der Waals surface area contributed by atoms with Crippen molar-refractivity contribution in [2.45, 2.75) is 27.2 Å². The Morgan fingerprint density at radius 1 is 1.00 bits per heavy atom. The van der Waals surface area contributed by atoms with E-state index in [0.29, 0.717) is 12.1 Å². The van der Waals surface area contributed by atoms with Crippen molar-refractivity contribution in [2.75, 3.05) is 5.01 Å². The summed E-state index contributed by atoms with van der Waals surface area (Å²) in [5.74, 6) is -1.44. The van der Waals surface area contributed by atoms with Gasteiger partial charge in [0, 0.05) is 22.8 Å². The van der Waals surface area contributed by atoms with Gasteiger partial charge in [-0.25, -0.2) is 9.80 Å². The van der Waals surface area contributed by atoms with Gasteiger partial charge >= 0.3 is 5.97 Å². The number of hydrazone groups is 1. The van der Waals surface area contributed by atoms with Crippen LogP contribution in [0.2, 0.25) is 0 Å². The Labute approximate surface area is 175 Å². The summed E-state index contributed by atoms with van der Waals surface area (Å²) in [5.41, 5.74) is 5.96. The first-order valence-electron chi connectivity index (χ1n) is 9.82. The second-order valence-corrected chi connectivity index (χ2v) is 7.57. The summed E-state index contributed by atoms with van der Waals surface area (Å²) in [7, 11) is 0. The summed E-state index contributed by atoms with van der Waals surface area (Å²) < 4.78 is 2.20. The number of benzene rings is 2. The molecule has 1 aromatic heterocycles. The number of carboxylic acid groups (broad SMARTS) is 1. The summed E-state index contributed by atoms with van der Waals surface area (Å²) in [6, 6.07) is 18.5. The monoisotopic (exact) mass is 401 g/mol. The highest BCUT2D eigenvalue weighted by atomic mass is 16.4. The number of hydrogen-bond acceptors (Lipinski definition) is 3. The Hall–Kier alpha value is -3.67. The average Bonchev–Trinajstić information content (AvgIpc) is 3.18. The predicted octanol–water partition coefficient (Wildman–Crippen LogP) is 4.37. The number of anilines is 1. The summed E-state index contributed by atoms with van der Waals surface area (Å²) in [5, 5.41) is 14.9. The first kappa shape index (κ1) is 19.6. The number of rotatable bonds is 5. The lowest BCUT2D eigenvalue weighted by Crippen LogP contribution is -2.28. The number of carbonyl (C=O) groups is 2. The Morgan fingerprint density at radius 3 is 2.30 bits per heavy atom. The normalized spacial score (nSPS) is 16.1. The molecule has 1 unspecified atom stereocenters. The van der Waals surface area contributed by atoms with Crippen LogP contribution in [-0.2, 0) is 11.2 Å². The smallest absolute Gasteiger partial charge is 0.335 e. The number of aryl methyl sites for hydroxylation is 1. The molecule has 0 aliphatic carbocycles. The fourth-order valence-corrected chi connectivity index (χ4v) is 4.00. The highest BCUT2D eigenvalue weighted by molar-refractivity contribution is 6.15. The second kappa shape index (κ2) is 7.63. The molecule has 152 valence electrons. The van der Waals surface area contributed by atoms with Crippen LogP contribution in [-0.4, -0.2) is 27.3 Å². The maximum atomic E-state index is 13.1. The lowest BCUT2D eigenvalue weighted by molar-refractivity contribution is -0.119. The van der Waals surface area contributed by atoms with E-state index in [1.165, 1.54) is 17.1 Å². The van der Waals surface area contributed by atoms with Crippen LogP contribution in [0.15, 0.2) is 65.8 Å². The molecule has 1 atom stereocenters. The number of carbonyl (C=O) groups excluding carboxylic acids is 1. The third-order valence-corrected chi connectivity index (χ3v) is 5.60. The molecule has 0 fully saturated rings. The first-order chi connectivity index (χ1) is 14.4. The summed E-state index contributed by atoms with van der Waals surface area (Å²) >= 11 is 0. The molecule has 3 aromatic rings. The number of aromatic carboxylic acids is 1. The maximum Gasteiger partial charge on any atom is 0.335 e. The van der Waals surface area contributed by atoms with Gasteiger partial charge in [-0.1, -0.05) is 18.2 Å². The van der Waals surface area contributed by atoms with E-state index in [9.17, 15) is 9.59 Å². The molecule has 2 aromatic carbocycles. The largest absolute Gasteiger partial charge is 0.478 e. The van der Waals surface area contributed by atoms with Crippen LogP contribution in [0.1, 0.15) is 34.2 Å². The lowest BCUT2D eigenvalue weighted by atomic mass is 9.95. The van der Waals surface area contributed by atoms with Crippen molar-refractivity contribution < 1.29 is 14.7 Å². The summed E-state index contributed by atoms with van der Waals surface area (Å²) in [6.45, 7) is 6.01. The van der Waals surface area contributed by atoms with E-state index in [-0.39, 0.29) is 17.4 Å². The van der Waals surface area contributed by atoms with Gasteiger partial charge in [-0.2, -0.15) is 5.10 Å². The number of aromatic nitrogens is 1. The molecule has 0 spiro atoms. The Kier molecular flexibility index (Phi) is 4.99. The van der Waals surface area contributed by atoms with Crippen LogP contribution in [0.25, 0.3) is 5.69 Å². The third kappa shape index (κ3) is 3.41. The zero-order chi connectivity index (χ0) is 21.4. The molecule has 1 aliphatic heterocycles. The maximum absolute atomic E-state index is 13.1. The highest BCUT2D eigenvalue weighted by Crippen LogP contribution is 2.29. The van der Waals surface area contributed by atoms with Crippen LogP contribution in [0.3, 0.4) is 0 Å². The molecule has 0 radical (unpaired) electrons. The van der Waals surface area contributed by atoms with Gasteiger partial charge in [-0.3, -0.25) is 4.79 Å². The summed E-state index contributed by atoms with van der Waals surface area (Å²) in [4.78, 5) is 24.2. The van der Waals surface area contributed by atoms with E-state index < -0.39 is 5.97 Å². The van der Waals surface area contributed by atoms with Gasteiger partial charge in [-0.05, 0) is 75.2 Å². The predicted molar refractivity (Wildman–Crippen MR) is 116 cm³/mol. The van der Waals surface area contributed by atoms with E-state index >= 15 is 0 Å². The van der Waals surface area contributed by atoms with E-state index in [0.717, 1.165) is 28.4 Å². The van der Waals surface area contributed by atoms with Gasteiger partial charge in [0.15, 0.2) is 0 Å². The Bertz CT molecular complexity index is 1140. The van der Waals surface area contributed by atoms with Crippen molar-refractivity contribution in [2.24, 2.45) is 11.0 Å². The van der Waals surface area contributed by atoms with Gasteiger partial charge in [0.2, 0.25) is 0 Å². The average molecular weight is 401 g/mol. The molecule has 1 aliphatic rings. The number of hydrogen-bond donors (Lipinski definition) is 1. The minimum absolute atomic E-state index is 0.0971. The number of para-hydroxylation sites is 1. The molecule has 1 N–H and O–H groups in total. The molecule has 30 heavy (non-hydrogen) atoms. The molecule has 1 amide bonds. The molecular weight excluding hydrogens is 378 g/mol. The Morgan fingerprint density at radius 2 is 1.67 bits per heavy atom. The molecule has 2 heterocycles. The van der Waals surface area contributed by atoms with Crippen LogP contribution in [0.5, 0.6) is 0 Å². The fourth-order valence-electron chi connectivity index (χ4n) is 4.00. The standard InChI is InChI=1S/C24H23N3O3/c1-15-13-19(17(3)26(15)20-7-5-4-6-8-20)14-22-16(2)25-27(23(22)28)21-11-9-18(10-12-21)24(29)30/h4-13,22H,14H2,1-3H3,(H,29,30). The molecular formula is C24H23N3O3. The van der Waals surface area contributed by atoms with Crippen molar-refractivity contribution in [1.29, 1.82) is 0 Å². The number of nitrogens with zero attached hydrogens (tertiary/aromatic N) is 3. The minimum Gasteiger partial charge on any atom is -0.478 e. The van der Waals surface area contributed by atoms with E-state index in [4.69, 9.17) is 5.11 Å². The zero-order valence-corrected chi connectivity index (χ0v) is 17.2. The van der Waals surface area contributed by atoms with Gasteiger partial charge in [0.25, 0.3) is 5.91 Å². The van der Waals surface area contributed by atoms with E-state index in [2.05, 4.69) is 41.7 Å². The van der Waals surface area contributed by atoms with Crippen molar-refractivity contribution >= 4 is 23.3 Å². The topological polar surface area (TPSA) is 74.9 Å². The Balaban J connectivity index is 1.59. The molecule has 6 heteroatoms. The minimum atomic E-state index is -0.999. The van der Waals surface area contributed by atoms with Crippen molar-refractivity contribution in [1.82, 2.24) is 4.57 Å². The third-order valence-electron chi connectivity index (χ3n) is 5.60. The summed E-state index contributed by atoms with van der Waals surface area (Å²) in [6.07, 6.45) is 0.574. The van der Waals surface area contributed by atoms with Crippen molar-refractivity contribution in [3.63, 3.8) is 0 Å². The zero-order valence-electron chi connectivity index (χ0n) is 17.2. The van der Waals surface area contributed by atoms with Crippen molar-refractivity contribution in [3.05, 3.63) is 83.2 Å². The number of carboxylic acids is 1. The molecule has 4 rings (SSSR count). The lowest BCUT2D eigenvalue weighted by Gasteiger charge is -2.15. The SMILES string of the molecule is CC1=NN(c2ccc(C(=O)O)cc2)C(=O)C1Cc1cc(C)n(-c2ccccc2)c1C. The first-order valence-corrected chi connectivity index (χ1v) is 9.82. The highest BCUT2D eigenvalue weighted by Gasteiger charge is 2.35. The molecule has 0 bridgehead atoms.